The maximum absolute atomic E-state index is 10.9. The molecule has 2 saturated heterocycles. The summed E-state index contributed by atoms with van der Waals surface area (Å²) in [6.07, 6.45) is 1.78. The van der Waals surface area contributed by atoms with Crippen molar-refractivity contribution in [2.75, 3.05) is 19.6 Å². The molecule has 1 spiro atoms. The number of nitrogens with one attached hydrogen (secondary N) is 1. The van der Waals surface area contributed by atoms with E-state index in [9.17, 15) is 4.79 Å². The number of piperidine rings is 1. The molecule has 0 saturated carbocycles. The molecular weight excluding hydrogens is 242 g/mol. The zero-order valence-electron chi connectivity index (χ0n) is 7.92. The summed E-state index contributed by atoms with van der Waals surface area (Å²) in [7, 11) is 0. The van der Waals surface area contributed by atoms with E-state index in [2.05, 4.69) is 10.6 Å². The minimum Gasteiger partial charge on any atom is -0.449 e. The molecular formula is C7H13N4ORb. The van der Waals surface area contributed by atoms with Crippen molar-refractivity contribution in [3.63, 3.8) is 0 Å². The van der Waals surface area contributed by atoms with Crippen molar-refractivity contribution in [3.05, 3.63) is 5.32 Å². The van der Waals surface area contributed by atoms with Gasteiger partial charge in [0.1, 0.15) is 0 Å². The first-order valence-corrected chi connectivity index (χ1v) is 4.21. The van der Waals surface area contributed by atoms with Gasteiger partial charge in [-0.25, -0.2) is 5.01 Å². The SMILES string of the molecule is NN1CCC2(CC1)CNC(=O)[N-]2.[Rb+]. The van der Waals surface area contributed by atoms with Gasteiger partial charge in [0.25, 0.3) is 0 Å². The second kappa shape index (κ2) is 4.68. The molecule has 13 heavy (non-hydrogen) atoms. The molecule has 0 aliphatic carbocycles. The van der Waals surface area contributed by atoms with E-state index in [1.54, 1.807) is 5.01 Å². The van der Waals surface area contributed by atoms with Crippen LogP contribution in [0.1, 0.15) is 12.8 Å². The van der Waals surface area contributed by atoms with Gasteiger partial charge in [0.05, 0.1) is 0 Å². The van der Waals surface area contributed by atoms with Crippen LogP contribution >= 0.6 is 0 Å². The van der Waals surface area contributed by atoms with Gasteiger partial charge in [0, 0.05) is 13.1 Å². The van der Waals surface area contributed by atoms with E-state index in [4.69, 9.17) is 5.84 Å². The number of rotatable bonds is 0. The smallest absolute Gasteiger partial charge is 0.449 e. The zero-order chi connectivity index (χ0) is 8.60. The van der Waals surface area contributed by atoms with Crippen LogP contribution in [0.2, 0.25) is 0 Å². The maximum atomic E-state index is 10.9. The van der Waals surface area contributed by atoms with Gasteiger partial charge in [0.2, 0.25) is 0 Å². The molecule has 2 heterocycles. The van der Waals surface area contributed by atoms with Crippen molar-refractivity contribution < 1.29 is 63.0 Å². The summed E-state index contributed by atoms with van der Waals surface area (Å²) in [5, 5.41) is 8.59. The molecule has 0 radical (unpaired) electrons. The largest absolute Gasteiger partial charge is 1.00 e. The molecule has 0 bridgehead atoms. The fraction of sp³-hybridized carbons (Fsp3) is 0.857. The predicted octanol–water partition coefficient (Wildman–Crippen LogP) is -3.20. The fourth-order valence-corrected chi connectivity index (χ4v) is 1.76. The van der Waals surface area contributed by atoms with Gasteiger partial charge in [-0.2, -0.15) is 0 Å². The van der Waals surface area contributed by atoms with Crippen molar-refractivity contribution in [1.82, 2.24) is 10.3 Å². The molecule has 2 aliphatic heterocycles. The molecule has 0 atom stereocenters. The summed E-state index contributed by atoms with van der Waals surface area (Å²) in [6.45, 7) is 2.36. The topological polar surface area (TPSA) is 72.5 Å². The average Bonchev–Trinajstić information content (AvgIpc) is 2.40. The van der Waals surface area contributed by atoms with Crippen LogP contribution in [0.15, 0.2) is 0 Å². The number of hydrogen-bond donors (Lipinski definition) is 2. The summed E-state index contributed by atoms with van der Waals surface area (Å²) in [6, 6.07) is -0.166. The minimum absolute atomic E-state index is 0. The van der Waals surface area contributed by atoms with Crippen molar-refractivity contribution in [3.8, 4) is 0 Å². The standard InChI is InChI=1S/C7H14N4O.Rb/c8-11-3-1-7(2-4-11)5-9-6(12)10-7;/h1-5,8H2,(H2,9,10,12);/q;+1/p-1. The molecule has 0 aromatic heterocycles. The van der Waals surface area contributed by atoms with E-state index < -0.39 is 0 Å². The first kappa shape index (κ1) is 12.1. The van der Waals surface area contributed by atoms with E-state index in [1.165, 1.54) is 0 Å². The first-order valence-electron chi connectivity index (χ1n) is 4.21. The van der Waals surface area contributed by atoms with Crippen LogP contribution < -0.4 is 69.3 Å². The number of carbonyl (C=O) groups is 1. The van der Waals surface area contributed by atoms with Gasteiger partial charge < -0.3 is 10.6 Å². The molecule has 2 aliphatic rings. The Morgan fingerprint density at radius 2 is 2.08 bits per heavy atom. The number of amides is 2. The summed E-state index contributed by atoms with van der Waals surface area (Å²) in [5.74, 6) is 5.61. The van der Waals surface area contributed by atoms with Crippen LogP contribution in [0, 0.1) is 0 Å². The minimum atomic E-state index is -0.166. The van der Waals surface area contributed by atoms with Gasteiger partial charge in [-0.1, -0.05) is 0 Å². The zero-order valence-corrected chi connectivity index (χ0v) is 12.8. The summed E-state index contributed by atoms with van der Waals surface area (Å²) in [5.41, 5.74) is -0.132. The van der Waals surface area contributed by atoms with E-state index in [0.717, 1.165) is 25.9 Å². The molecule has 3 N–H and O–H groups in total. The molecule has 5 nitrogen and oxygen atoms in total. The van der Waals surface area contributed by atoms with Gasteiger partial charge >= 0.3 is 58.2 Å². The molecule has 2 fully saturated rings. The quantitative estimate of drug-likeness (QED) is 0.447. The maximum Gasteiger partial charge on any atom is 1.00 e. The van der Waals surface area contributed by atoms with E-state index >= 15 is 0 Å². The second-order valence-electron chi connectivity index (χ2n) is 3.53. The Hall–Kier alpha value is 0.995. The fourth-order valence-electron chi connectivity index (χ4n) is 1.76. The third-order valence-electron chi connectivity index (χ3n) is 2.64. The Morgan fingerprint density at radius 3 is 2.54 bits per heavy atom. The summed E-state index contributed by atoms with van der Waals surface area (Å²) < 4.78 is 0. The Morgan fingerprint density at radius 1 is 1.46 bits per heavy atom. The predicted molar refractivity (Wildman–Crippen MR) is 44.5 cm³/mol. The number of hydrazine groups is 1. The van der Waals surface area contributed by atoms with Gasteiger partial charge in [-0.15, -0.1) is 0 Å². The van der Waals surface area contributed by atoms with Gasteiger partial charge in [-0.3, -0.25) is 10.6 Å². The monoisotopic (exact) mass is 254 g/mol. The number of hydrogen-bond acceptors (Lipinski definition) is 3. The van der Waals surface area contributed by atoms with Gasteiger partial charge in [-0.05, 0) is 24.9 Å². The third kappa shape index (κ3) is 2.73. The molecule has 2 amide bonds. The molecule has 68 valence electrons. The molecule has 2 rings (SSSR count). The number of nitrogens with zero attached hydrogens (tertiary/aromatic N) is 2. The Kier molecular flexibility index (Phi) is 4.34. The first-order chi connectivity index (χ1) is 5.70. The van der Waals surface area contributed by atoms with Crippen LogP contribution in [-0.2, 0) is 0 Å². The summed E-state index contributed by atoms with van der Waals surface area (Å²) in [4.78, 5) is 10.9. The normalized spacial score (nSPS) is 26.4. The molecule has 0 aromatic rings. The van der Waals surface area contributed by atoms with Crippen molar-refractivity contribution >= 4 is 6.03 Å². The second-order valence-corrected chi connectivity index (χ2v) is 3.53. The van der Waals surface area contributed by atoms with Crippen molar-refractivity contribution in [2.45, 2.75) is 18.4 Å². The van der Waals surface area contributed by atoms with E-state index in [0.29, 0.717) is 6.54 Å². The Bertz CT molecular complexity index is 203. The number of urea groups is 1. The van der Waals surface area contributed by atoms with Crippen molar-refractivity contribution in [2.24, 2.45) is 5.84 Å². The van der Waals surface area contributed by atoms with Crippen LogP contribution in [0.25, 0.3) is 5.32 Å². The van der Waals surface area contributed by atoms with Crippen LogP contribution in [0.3, 0.4) is 0 Å². The van der Waals surface area contributed by atoms with Gasteiger partial charge in [0.15, 0.2) is 6.03 Å². The number of carbonyl (C=O) groups excluding carboxylic acids is 1. The van der Waals surface area contributed by atoms with Crippen LogP contribution in [0.4, 0.5) is 4.79 Å². The molecule has 0 unspecified atom stereocenters. The summed E-state index contributed by atoms with van der Waals surface area (Å²) >= 11 is 0. The van der Waals surface area contributed by atoms with Crippen LogP contribution in [-0.4, -0.2) is 36.2 Å². The van der Waals surface area contributed by atoms with E-state index in [-0.39, 0.29) is 69.8 Å². The van der Waals surface area contributed by atoms with Crippen molar-refractivity contribution in [1.29, 1.82) is 0 Å². The Labute approximate surface area is 127 Å². The number of nitrogens with two attached hydrogens (primary N) is 1. The average molecular weight is 255 g/mol. The molecule has 0 aromatic carbocycles. The molecule has 6 heteroatoms. The van der Waals surface area contributed by atoms with E-state index in [1.807, 2.05) is 0 Å². The Balaban J connectivity index is 0.000000845. The van der Waals surface area contributed by atoms with Crippen LogP contribution in [0.5, 0.6) is 0 Å². The third-order valence-corrected chi connectivity index (χ3v) is 2.64.